The molecule has 19 heavy (non-hydrogen) atoms. The van der Waals surface area contributed by atoms with Crippen molar-refractivity contribution in [2.45, 2.75) is 30.6 Å². The van der Waals surface area contributed by atoms with Crippen LogP contribution in [-0.2, 0) is 10.0 Å². The van der Waals surface area contributed by atoms with Crippen molar-refractivity contribution in [3.8, 4) is 0 Å². The zero-order valence-corrected chi connectivity index (χ0v) is 12.8. The Bertz CT molecular complexity index is 609. The summed E-state index contributed by atoms with van der Waals surface area (Å²) in [6, 6.07) is 1.49. The number of nitrogen functional groups attached to an aromatic ring is 1. The van der Waals surface area contributed by atoms with Gasteiger partial charge in [-0.1, -0.05) is 0 Å². The van der Waals surface area contributed by atoms with Crippen LogP contribution >= 0.6 is 15.9 Å². The molecule has 0 spiro atoms. The van der Waals surface area contributed by atoms with E-state index in [9.17, 15) is 8.42 Å². The normalized spacial score (nSPS) is 21.3. The Morgan fingerprint density at radius 1 is 1.47 bits per heavy atom. The molecule has 1 heterocycles. The first kappa shape index (κ1) is 13.3. The second-order valence-electron chi connectivity index (χ2n) is 5.50. The number of halogens is 1. The Hall–Kier alpha value is -0.660. The molecule has 0 amide bonds. The van der Waals surface area contributed by atoms with Crippen LogP contribution in [0.25, 0.3) is 0 Å². The SMILES string of the molecule is Nc1ncc(Br)cc1S(=O)(=O)NCC1(C2CC2)CC1. The molecule has 0 saturated heterocycles. The van der Waals surface area contributed by atoms with Crippen LogP contribution in [0.15, 0.2) is 21.6 Å². The molecule has 0 bridgehead atoms. The van der Waals surface area contributed by atoms with Crippen LogP contribution in [-0.4, -0.2) is 19.9 Å². The van der Waals surface area contributed by atoms with Gasteiger partial charge in [-0.05, 0) is 59.0 Å². The lowest BCUT2D eigenvalue weighted by Gasteiger charge is -2.15. The summed E-state index contributed by atoms with van der Waals surface area (Å²) in [7, 11) is -3.58. The van der Waals surface area contributed by atoms with Gasteiger partial charge in [-0.25, -0.2) is 18.1 Å². The maximum Gasteiger partial charge on any atom is 0.244 e. The van der Waals surface area contributed by atoms with Gasteiger partial charge in [0.15, 0.2) is 0 Å². The second kappa shape index (κ2) is 4.43. The molecule has 0 unspecified atom stereocenters. The van der Waals surface area contributed by atoms with E-state index in [0.717, 1.165) is 12.8 Å². The van der Waals surface area contributed by atoms with Crippen LogP contribution in [0.1, 0.15) is 25.7 Å². The molecule has 3 N–H and O–H groups in total. The van der Waals surface area contributed by atoms with Crippen molar-refractivity contribution in [3.05, 3.63) is 16.7 Å². The first-order chi connectivity index (χ1) is 8.93. The van der Waals surface area contributed by atoms with E-state index >= 15 is 0 Å². The van der Waals surface area contributed by atoms with Crippen LogP contribution in [0, 0.1) is 11.3 Å². The van der Waals surface area contributed by atoms with Gasteiger partial charge in [-0.3, -0.25) is 0 Å². The van der Waals surface area contributed by atoms with Gasteiger partial charge in [0.2, 0.25) is 10.0 Å². The Kier molecular flexibility index (Phi) is 3.11. The fourth-order valence-electron chi connectivity index (χ4n) is 2.55. The molecule has 1 aromatic heterocycles. The number of hydrogen-bond acceptors (Lipinski definition) is 4. The smallest absolute Gasteiger partial charge is 0.244 e. The highest BCUT2D eigenvalue weighted by atomic mass is 79.9. The van der Waals surface area contributed by atoms with Gasteiger partial charge in [0.1, 0.15) is 10.7 Å². The third kappa shape index (κ3) is 2.64. The highest BCUT2D eigenvalue weighted by Crippen LogP contribution is 2.60. The van der Waals surface area contributed by atoms with Crippen molar-refractivity contribution in [3.63, 3.8) is 0 Å². The summed E-state index contributed by atoms with van der Waals surface area (Å²) in [6.07, 6.45) is 6.23. The third-order valence-corrected chi connectivity index (χ3v) is 5.95. The number of nitrogens with two attached hydrogens (primary N) is 1. The quantitative estimate of drug-likeness (QED) is 0.853. The molecule has 104 valence electrons. The standard InChI is InChI=1S/C12H16BrN3O2S/c13-9-5-10(11(14)15-6-9)19(17,18)16-7-12(3-4-12)8-1-2-8/h5-6,8,16H,1-4,7H2,(H2,14,15). The molecule has 2 fully saturated rings. The lowest BCUT2D eigenvalue weighted by molar-refractivity contribution is 0.432. The van der Waals surface area contributed by atoms with E-state index in [1.54, 1.807) is 0 Å². The molecule has 0 aromatic carbocycles. The van der Waals surface area contributed by atoms with Crippen LogP contribution < -0.4 is 10.5 Å². The Morgan fingerprint density at radius 3 is 2.74 bits per heavy atom. The van der Waals surface area contributed by atoms with Crippen molar-refractivity contribution < 1.29 is 8.42 Å². The maximum atomic E-state index is 12.3. The van der Waals surface area contributed by atoms with Gasteiger partial charge < -0.3 is 5.73 Å². The minimum absolute atomic E-state index is 0.0342. The summed E-state index contributed by atoms with van der Waals surface area (Å²) in [4.78, 5) is 3.91. The largest absolute Gasteiger partial charge is 0.383 e. The average molecular weight is 346 g/mol. The fraction of sp³-hybridized carbons (Fsp3) is 0.583. The fourth-order valence-corrected chi connectivity index (χ4v) is 4.27. The van der Waals surface area contributed by atoms with Crippen LogP contribution in [0.4, 0.5) is 5.82 Å². The number of hydrogen-bond donors (Lipinski definition) is 2. The van der Waals surface area contributed by atoms with Gasteiger partial charge in [0, 0.05) is 17.2 Å². The molecule has 1 aromatic rings. The molecular weight excluding hydrogens is 330 g/mol. The first-order valence-corrected chi connectivity index (χ1v) is 8.61. The van der Waals surface area contributed by atoms with Gasteiger partial charge in [-0.2, -0.15) is 0 Å². The lowest BCUT2D eigenvalue weighted by atomic mass is 10.0. The number of aromatic nitrogens is 1. The summed E-state index contributed by atoms with van der Waals surface area (Å²) in [5.41, 5.74) is 5.88. The molecule has 2 saturated carbocycles. The molecule has 2 aliphatic carbocycles. The number of pyridine rings is 1. The van der Waals surface area contributed by atoms with Crippen LogP contribution in [0.2, 0.25) is 0 Å². The van der Waals surface area contributed by atoms with Gasteiger partial charge >= 0.3 is 0 Å². The number of anilines is 1. The monoisotopic (exact) mass is 345 g/mol. The molecule has 5 nitrogen and oxygen atoms in total. The number of nitrogens with one attached hydrogen (secondary N) is 1. The summed E-state index contributed by atoms with van der Waals surface area (Å²) in [6.45, 7) is 0.520. The molecule has 0 aliphatic heterocycles. The van der Waals surface area contributed by atoms with Crippen LogP contribution in [0.3, 0.4) is 0 Å². The number of rotatable bonds is 5. The average Bonchev–Trinajstić information content (AvgIpc) is 3.22. The first-order valence-electron chi connectivity index (χ1n) is 6.34. The topological polar surface area (TPSA) is 85.1 Å². The highest BCUT2D eigenvalue weighted by Gasteiger charge is 2.53. The van der Waals surface area contributed by atoms with Gasteiger partial charge in [-0.15, -0.1) is 0 Å². The minimum Gasteiger partial charge on any atom is -0.383 e. The predicted molar refractivity (Wildman–Crippen MR) is 75.9 cm³/mol. The summed E-state index contributed by atoms with van der Waals surface area (Å²) in [5.74, 6) is 0.750. The van der Waals surface area contributed by atoms with Crippen molar-refractivity contribution in [1.82, 2.24) is 9.71 Å². The lowest BCUT2D eigenvalue weighted by Crippen LogP contribution is -2.31. The third-order valence-electron chi connectivity index (χ3n) is 4.09. The Balaban J connectivity index is 1.77. The van der Waals surface area contributed by atoms with Crippen molar-refractivity contribution in [1.29, 1.82) is 0 Å². The zero-order chi connectivity index (χ0) is 13.7. The van der Waals surface area contributed by atoms with Crippen molar-refractivity contribution >= 4 is 31.8 Å². The number of nitrogens with zero attached hydrogens (tertiary/aromatic N) is 1. The molecule has 2 aliphatic rings. The van der Waals surface area contributed by atoms with Crippen LogP contribution in [0.5, 0.6) is 0 Å². The summed E-state index contributed by atoms with van der Waals surface area (Å²) in [5, 5.41) is 0. The van der Waals surface area contributed by atoms with Crippen molar-refractivity contribution in [2.75, 3.05) is 12.3 Å². The van der Waals surface area contributed by atoms with E-state index in [0.29, 0.717) is 16.9 Å². The van der Waals surface area contributed by atoms with E-state index in [4.69, 9.17) is 5.73 Å². The highest BCUT2D eigenvalue weighted by molar-refractivity contribution is 9.10. The molecular formula is C12H16BrN3O2S. The number of sulfonamides is 1. The zero-order valence-electron chi connectivity index (χ0n) is 10.4. The Labute approximate surface area is 121 Å². The minimum atomic E-state index is -3.58. The molecule has 3 rings (SSSR count). The molecule has 0 atom stereocenters. The van der Waals surface area contributed by atoms with E-state index in [1.807, 2.05) is 0 Å². The van der Waals surface area contributed by atoms with E-state index < -0.39 is 10.0 Å². The second-order valence-corrected chi connectivity index (χ2v) is 8.15. The van der Waals surface area contributed by atoms with E-state index in [-0.39, 0.29) is 16.1 Å². The molecule has 0 radical (unpaired) electrons. The van der Waals surface area contributed by atoms with Gasteiger partial charge in [0.25, 0.3) is 0 Å². The Morgan fingerprint density at radius 2 is 2.16 bits per heavy atom. The summed E-state index contributed by atoms with van der Waals surface area (Å²) < 4.78 is 27.8. The van der Waals surface area contributed by atoms with Gasteiger partial charge in [0.05, 0.1) is 0 Å². The molecule has 7 heteroatoms. The summed E-state index contributed by atoms with van der Waals surface area (Å²) >= 11 is 3.21. The predicted octanol–water partition coefficient (Wildman–Crippen LogP) is 1.89. The van der Waals surface area contributed by atoms with E-state index in [2.05, 4.69) is 25.6 Å². The van der Waals surface area contributed by atoms with E-state index in [1.165, 1.54) is 25.1 Å². The maximum absolute atomic E-state index is 12.3. The van der Waals surface area contributed by atoms with Crippen molar-refractivity contribution in [2.24, 2.45) is 11.3 Å².